The van der Waals surface area contributed by atoms with E-state index in [9.17, 15) is 0 Å². The molecule has 0 spiro atoms. The van der Waals surface area contributed by atoms with Gasteiger partial charge >= 0.3 is 0 Å². The number of nitrogens with zero attached hydrogens (tertiary/aromatic N) is 2. The van der Waals surface area contributed by atoms with Crippen LogP contribution in [0.2, 0.25) is 0 Å². The van der Waals surface area contributed by atoms with Crippen LogP contribution in [-0.2, 0) is 0 Å². The number of rotatable bonds is 2. The van der Waals surface area contributed by atoms with Crippen molar-refractivity contribution in [3.63, 3.8) is 0 Å². The molecule has 0 aromatic carbocycles. The van der Waals surface area contributed by atoms with Crippen molar-refractivity contribution >= 4 is 5.82 Å². The molecule has 0 bridgehead atoms. The lowest BCUT2D eigenvalue weighted by Crippen LogP contribution is -2.00. The van der Waals surface area contributed by atoms with Crippen LogP contribution in [-0.4, -0.2) is 11.5 Å². The summed E-state index contributed by atoms with van der Waals surface area (Å²) in [6.45, 7) is 2.33. The van der Waals surface area contributed by atoms with Gasteiger partial charge in [0, 0.05) is 6.20 Å². The van der Waals surface area contributed by atoms with Crippen LogP contribution < -0.4 is 5.32 Å². The molecule has 3 nitrogen and oxygen atoms in total. The summed E-state index contributed by atoms with van der Waals surface area (Å²) in [5, 5.41) is 11.6. The average Bonchev–Trinajstić information content (AvgIpc) is 2.19. The molecule has 0 amide bonds. The highest BCUT2D eigenvalue weighted by Crippen LogP contribution is 2.04. The Morgan fingerprint density at radius 1 is 1.62 bits per heavy atom. The van der Waals surface area contributed by atoms with Gasteiger partial charge in [-0.25, -0.2) is 4.98 Å². The largest absolute Gasteiger partial charge is 0.359 e. The normalized spacial score (nSPS) is 8.00. The van der Waals surface area contributed by atoms with E-state index < -0.39 is 0 Å². The number of anilines is 1. The van der Waals surface area contributed by atoms with E-state index in [1.807, 2.05) is 6.07 Å². The summed E-state index contributed by atoms with van der Waals surface area (Å²) in [6, 6.07) is 5.40. The highest BCUT2D eigenvalue weighted by molar-refractivity contribution is 5.43. The van der Waals surface area contributed by atoms with Gasteiger partial charge in [0.2, 0.25) is 0 Å². The lowest BCUT2D eigenvalue weighted by molar-refractivity contribution is 1.24. The van der Waals surface area contributed by atoms with Crippen LogP contribution in [0, 0.1) is 23.2 Å². The third-order valence-corrected chi connectivity index (χ3v) is 1.42. The average molecular weight is 171 g/mol. The highest BCUT2D eigenvalue weighted by atomic mass is 15.0. The first-order valence-electron chi connectivity index (χ1n) is 3.86. The Kier molecular flexibility index (Phi) is 3.35. The van der Waals surface area contributed by atoms with E-state index in [0.717, 1.165) is 0 Å². The summed E-state index contributed by atoms with van der Waals surface area (Å²) in [7, 11) is 0. The molecule has 3 heteroatoms. The zero-order chi connectivity index (χ0) is 9.52. The topological polar surface area (TPSA) is 48.7 Å². The molecular weight excluding hydrogens is 162 g/mol. The van der Waals surface area contributed by atoms with E-state index in [2.05, 4.69) is 22.1 Å². The van der Waals surface area contributed by atoms with Crippen molar-refractivity contribution in [1.82, 2.24) is 4.98 Å². The Morgan fingerprint density at radius 2 is 2.46 bits per heavy atom. The van der Waals surface area contributed by atoms with Crippen molar-refractivity contribution < 1.29 is 0 Å². The van der Waals surface area contributed by atoms with Crippen molar-refractivity contribution in [2.45, 2.75) is 6.92 Å². The van der Waals surface area contributed by atoms with Gasteiger partial charge in [-0.15, -0.1) is 5.92 Å². The Morgan fingerprint density at radius 3 is 3.15 bits per heavy atom. The predicted octanol–water partition coefficient (Wildman–Crippen LogP) is 1.39. The Labute approximate surface area is 77.4 Å². The van der Waals surface area contributed by atoms with E-state index in [0.29, 0.717) is 17.9 Å². The first-order chi connectivity index (χ1) is 6.36. The monoisotopic (exact) mass is 171 g/mol. The molecule has 0 aliphatic rings. The molecule has 0 fully saturated rings. The third-order valence-electron chi connectivity index (χ3n) is 1.42. The van der Waals surface area contributed by atoms with Crippen molar-refractivity contribution in [2.75, 3.05) is 11.9 Å². The van der Waals surface area contributed by atoms with E-state index in [1.165, 1.54) is 0 Å². The Hall–Kier alpha value is -2.00. The molecule has 1 rings (SSSR count). The van der Waals surface area contributed by atoms with Crippen LogP contribution in [0.4, 0.5) is 5.82 Å². The van der Waals surface area contributed by atoms with Gasteiger partial charge in [0.25, 0.3) is 0 Å². The molecule has 1 aromatic heterocycles. The minimum Gasteiger partial charge on any atom is -0.359 e. The fraction of sp³-hybridized carbons (Fsp3) is 0.200. The molecule has 0 aliphatic heterocycles. The van der Waals surface area contributed by atoms with E-state index >= 15 is 0 Å². The molecule has 1 aromatic rings. The second-order valence-electron chi connectivity index (χ2n) is 2.32. The number of hydrogen-bond donors (Lipinski definition) is 1. The smallest absolute Gasteiger partial charge is 0.127 e. The fourth-order valence-electron chi connectivity index (χ4n) is 0.820. The van der Waals surface area contributed by atoms with E-state index in [-0.39, 0.29) is 0 Å². The SMILES string of the molecule is CC#CCNc1cc(C#N)ccn1. The molecule has 0 radical (unpaired) electrons. The predicted molar refractivity (Wildman–Crippen MR) is 50.9 cm³/mol. The van der Waals surface area contributed by atoms with Gasteiger partial charge in [-0.3, -0.25) is 0 Å². The Bertz CT molecular complexity index is 379. The summed E-state index contributed by atoms with van der Waals surface area (Å²) in [5.74, 6) is 6.29. The van der Waals surface area contributed by atoms with Gasteiger partial charge in [0.15, 0.2) is 0 Å². The number of hydrogen-bond acceptors (Lipinski definition) is 3. The van der Waals surface area contributed by atoms with Gasteiger partial charge in [-0.1, -0.05) is 5.92 Å². The molecular formula is C10H9N3. The summed E-state index contributed by atoms with van der Waals surface area (Å²) in [4.78, 5) is 4.03. The number of pyridine rings is 1. The first kappa shape index (κ1) is 9.09. The zero-order valence-electron chi connectivity index (χ0n) is 7.33. The third kappa shape index (κ3) is 2.84. The molecule has 0 saturated carbocycles. The van der Waals surface area contributed by atoms with Gasteiger partial charge in [0.1, 0.15) is 5.82 Å². The molecule has 1 heterocycles. The fourth-order valence-corrected chi connectivity index (χ4v) is 0.820. The van der Waals surface area contributed by atoms with Crippen molar-refractivity contribution in [2.24, 2.45) is 0 Å². The number of nitriles is 1. The molecule has 0 saturated heterocycles. The number of aromatic nitrogens is 1. The summed E-state index contributed by atoms with van der Waals surface area (Å²) < 4.78 is 0. The number of nitrogens with one attached hydrogen (secondary N) is 1. The summed E-state index contributed by atoms with van der Waals surface area (Å²) in [6.07, 6.45) is 1.60. The van der Waals surface area contributed by atoms with E-state index in [1.54, 1.807) is 25.3 Å². The molecule has 64 valence electrons. The maximum Gasteiger partial charge on any atom is 0.127 e. The van der Waals surface area contributed by atoms with Crippen molar-refractivity contribution in [3.05, 3.63) is 23.9 Å². The lowest BCUT2D eigenvalue weighted by atomic mass is 10.3. The van der Waals surface area contributed by atoms with Gasteiger partial charge in [-0.05, 0) is 19.1 Å². The van der Waals surface area contributed by atoms with Crippen LogP contribution in [0.15, 0.2) is 18.3 Å². The molecule has 13 heavy (non-hydrogen) atoms. The van der Waals surface area contributed by atoms with Crippen LogP contribution in [0.3, 0.4) is 0 Å². The van der Waals surface area contributed by atoms with Crippen LogP contribution in [0.1, 0.15) is 12.5 Å². The zero-order valence-corrected chi connectivity index (χ0v) is 7.33. The van der Waals surface area contributed by atoms with Crippen LogP contribution >= 0.6 is 0 Å². The van der Waals surface area contributed by atoms with Gasteiger partial charge in [-0.2, -0.15) is 5.26 Å². The summed E-state index contributed by atoms with van der Waals surface area (Å²) >= 11 is 0. The first-order valence-corrected chi connectivity index (χ1v) is 3.86. The minimum atomic E-state index is 0.554. The maximum absolute atomic E-state index is 8.60. The van der Waals surface area contributed by atoms with Gasteiger partial charge in [0.05, 0.1) is 18.2 Å². The second-order valence-corrected chi connectivity index (χ2v) is 2.32. The lowest BCUT2D eigenvalue weighted by Gasteiger charge is -1.99. The van der Waals surface area contributed by atoms with Crippen molar-refractivity contribution in [3.8, 4) is 17.9 Å². The maximum atomic E-state index is 8.60. The molecule has 1 N–H and O–H groups in total. The summed E-state index contributed by atoms with van der Waals surface area (Å²) in [5.41, 5.74) is 0.599. The van der Waals surface area contributed by atoms with Crippen LogP contribution in [0.5, 0.6) is 0 Å². The molecule has 0 unspecified atom stereocenters. The molecule has 0 atom stereocenters. The standard InChI is InChI=1S/C10H9N3/c1-2-3-5-12-10-7-9(8-11)4-6-13-10/h4,6-7H,5H2,1H3,(H,12,13). The Balaban J connectivity index is 2.66. The highest BCUT2D eigenvalue weighted by Gasteiger charge is 1.93. The van der Waals surface area contributed by atoms with Gasteiger partial charge < -0.3 is 5.32 Å². The van der Waals surface area contributed by atoms with Crippen molar-refractivity contribution in [1.29, 1.82) is 5.26 Å². The quantitative estimate of drug-likeness (QED) is 0.684. The second kappa shape index (κ2) is 4.79. The van der Waals surface area contributed by atoms with E-state index in [4.69, 9.17) is 5.26 Å². The molecule has 0 aliphatic carbocycles. The minimum absolute atomic E-state index is 0.554. The van der Waals surface area contributed by atoms with Crippen LogP contribution in [0.25, 0.3) is 0 Å².